The minimum Gasteiger partial charge on any atom is -0.748 e. The summed E-state index contributed by atoms with van der Waals surface area (Å²) in [4.78, 5) is 0. The maximum absolute atomic E-state index is 10.8. The van der Waals surface area contributed by atoms with Gasteiger partial charge in [-0.25, -0.2) is 8.42 Å². The molecule has 1 aliphatic heterocycles. The molecule has 102 valence electrons. The number of rotatable bonds is 4. The van der Waals surface area contributed by atoms with E-state index in [4.69, 9.17) is 4.55 Å². The van der Waals surface area contributed by atoms with E-state index < -0.39 is 43.6 Å². The van der Waals surface area contributed by atoms with E-state index in [1.807, 2.05) is 14.1 Å². The summed E-state index contributed by atoms with van der Waals surface area (Å²) in [7, 11) is -4.88. The minimum atomic E-state index is -4.38. The van der Waals surface area contributed by atoms with E-state index in [2.05, 4.69) is 0 Å². The van der Waals surface area contributed by atoms with Crippen LogP contribution in [-0.4, -0.2) is 69.1 Å². The molecule has 1 saturated heterocycles. The minimum absolute atomic E-state index is 0.418. The molecule has 1 aliphatic rings. The molecule has 0 aliphatic carbocycles. The molecule has 0 aromatic heterocycles. The van der Waals surface area contributed by atoms with Gasteiger partial charge in [-0.1, -0.05) is 0 Å². The Labute approximate surface area is 102 Å². The van der Waals surface area contributed by atoms with Gasteiger partial charge in [0, 0.05) is 17.6 Å². The van der Waals surface area contributed by atoms with Crippen molar-refractivity contribution in [3.8, 4) is 0 Å². The Morgan fingerprint density at radius 2 is 1.53 bits per heavy atom. The summed E-state index contributed by atoms with van der Waals surface area (Å²) in [5.41, 5.74) is 0. The standard InChI is InChI=1S/C8H17NO6S2/c1-9(2)3-7(5-16(10,11)12)8(4-9)6-17(13,14)15/h7-8H,3-6H2,1-2H3,(H-,10,11,12,13,14,15). The van der Waals surface area contributed by atoms with Crippen LogP contribution < -0.4 is 0 Å². The topological polar surface area (TPSA) is 112 Å². The van der Waals surface area contributed by atoms with Gasteiger partial charge in [-0.3, -0.25) is 4.55 Å². The summed E-state index contributed by atoms with van der Waals surface area (Å²) >= 11 is 0. The maximum Gasteiger partial charge on any atom is 0.265 e. The van der Waals surface area contributed by atoms with Gasteiger partial charge in [-0.2, -0.15) is 8.42 Å². The molecule has 0 saturated carbocycles. The van der Waals surface area contributed by atoms with E-state index in [0.717, 1.165) is 0 Å². The Morgan fingerprint density at radius 1 is 1.12 bits per heavy atom. The van der Waals surface area contributed by atoms with Crippen LogP contribution in [0.25, 0.3) is 0 Å². The molecule has 0 amide bonds. The van der Waals surface area contributed by atoms with Crippen molar-refractivity contribution in [1.82, 2.24) is 0 Å². The zero-order valence-corrected chi connectivity index (χ0v) is 11.4. The van der Waals surface area contributed by atoms with Crippen molar-refractivity contribution in [3.05, 3.63) is 0 Å². The highest BCUT2D eigenvalue weighted by Gasteiger charge is 2.42. The van der Waals surface area contributed by atoms with Gasteiger partial charge in [0.15, 0.2) is 0 Å². The van der Waals surface area contributed by atoms with Crippen molar-refractivity contribution in [2.24, 2.45) is 11.8 Å². The Balaban J connectivity index is 2.86. The van der Waals surface area contributed by atoms with Crippen LogP contribution in [0.5, 0.6) is 0 Å². The fraction of sp³-hybridized carbons (Fsp3) is 1.00. The highest BCUT2D eigenvalue weighted by molar-refractivity contribution is 7.86. The third-order valence-corrected chi connectivity index (χ3v) is 4.65. The first-order valence-corrected chi connectivity index (χ1v) is 8.27. The summed E-state index contributed by atoms with van der Waals surface area (Å²) in [6.45, 7) is 0.849. The summed E-state index contributed by atoms with van der Waals surface area (Å²) in [5.74, 6) is -2.08. The van der Waals surface area contributed by atoms with Gasteiger partial charge >= 0.3 is 0 Å². The average Bonchev–Trinajstić information content (AvgIpc) is 2.17. The highest BCUT2D eigenvalue weighted by Crippen LogP contribution is 2.28. The van der Waals surface area contributed by atoms with Crippen molar-refractivity contribution in [3.63, 3.8) is 0 Å². The van der Waals surface area contributed by atoms with Crippen LogP contribution in [0.3, 0.4) is 0 Å². The quantitative estimate of drug-likeness (QED) is 0.510. The van der Waals surface area contributed by atoms with E-state index in [1.165, 1.54) is 0 Å². The van der Waals surface area contributed by atoms with Crippen molar-refractivity contribution < 1.29 is 30.4 Å². The van der Waals surface area contributed by atoms with Gasteiger partial charge in [0.05, 0.1) is 43.1 Å². The van der Waals surface area contributed by atoms with E-state index in [0.29, 0.717) is 17.6 Å². The predicted octanol–water partition coefficient (Wildman–Crippen LogP) is -1.26. The molecule has 1 heterocycles. The summed E-state index contributed by atoms with van der Waals surface area (Å²) in [6, 6.07) is 0. The van der Waals surface area contributed by atoms with Crippen LogP contribution in [0.4, 0.5) is 0 Å². The third kappa shape index (κ3) is 5.30. The zero-order chi connectivity index (χ0) is 13.5. The van der Waals surface area contributed by atoms with E-state index in [9.17, 15) is 21.4 Å². The van der Waals surface area contributed by atoms with Crippen molar-refractivity contribution in [1.29, 1.82) is 0 Å². The SMILES string of the molecule is C[N+]1(C)CC(CS(=O)(=O)[O-])C(CS(=O)(=O)O)C1. The lowest BCUT2D eigenvalue weighted by atomic mass is 10.0. The second-order valence-electron chi connectivity index (χ2n) is 5.29. The van der Waals surface area contributed by atoms with Gasteiger partial charge in [0.2, 0.25) is 0 Å². The molecule has 9 heteroatoms. The monoisotopic (exact) mass is 287 g/mol. The summed E-state index contributed by atoms with van der Waals surface area (Å²) in [6.07, 6.45) is 0. The Morgan fingerprint density at radius 3 is 1.88 bits per heavy atom. The van der Waals surface area contributed by atoms with Gasteiger partial charge in [0.25, 0.3) is 10.1 Å². The molecule has 1 fully saturated rings. The molecule has 1 N–H and O–H groups in total. The Hall–Kier alpha value is -0.220. The number of nitrogens with zero attached hydrogens (tertiary/aromatic N) is 1. The molecule has 2 unspecified atom stereocenters. The largest absolute Gasteiger partial charge is 0.748 e. The second kappa shape index (κ2) is 4.47. The van der Waals surface area contributed by atoms with Crippen LogP contribution in [0.1, 0.15) is 0 Å². The molecule has 0 aromatic carbocycles. The lowest BCUT2D eigenvalue weighted by Gasteiger charge is -2.23. The van der Waals surface area contributed by atoms with E-state index in [1.54, 1.807) is 0 Å². The van der Waals surface area contributed by atoms with Gasteiger partial charge in [-0.15, -0.1) is 0 Å². The molecule has 1 rings (SSSR count). The number of hydrogen-bond acceptors (Lipinski definition) is 5. The fourth-order valence-corrected chi connectivity index (χ4v) is 4.37. The van der Waals surface area contributed by atoms with Crippen molar-refractivity contribution >= 4 is 20.2 Å². The highest BCUT2D eigenvalue weighted by atomic mass is 32.2. The first-order valence-electron chi connectivity index (χ1n) is 5.09. The molecule has 2 atom stereocenters. The van der Waals surface area contributed by atoms with Crippen LogP contribution in [-0.2, 0) is 20.2 Å². The van der Waals surface area contributed by atoms with Crippen molar-refractivity contribution in [2.75, 3.05) is 38.7 Å². The van der Waals surface area contributed by atoms with Gasteiger partial charge in [0.1, 0.15) is 0 Å². The number of hydrogen-bond donors (Lipinski definition) is 1. The fourth-order valence-electron chi connectivity index (χ4n) is 2.55. The smallest absolute Gasteiger partial charge is 0.265 e. The van der Waals surface area contributed by atoms with E-state index >= 15 is 0 Å². The number of quaternary nitrogens is 1. The normalized spacial score (nSPS) is 29.4. The lowest BCUT2D eigenvalue weighted by molar-refractivity contribution is -0.880. The van der Waals surface area contributed by atoms with Crippen LogP contribution in [0.15, 0.2) is 0 Å². The van der Waals surface area contributed by atoms with Gasteiger partial charge in [-0.05, 0) is 0 Å². The van der Waals surface area contributed by atoms with Gasteiger partial charge < -0.3 is 9.04 Å². The first-order chi connectivity index (χ1) is 7.38. The van der Waals surface area contributed by atoms with Crippen LogP contribution in [0, 0.1) is 11.8 Å². The van der Waals surface area contributed by atoms with Crippen LogP contribution in [0.2, 0.25) is 0 Å². The molecular weight excluding hydrogens is 270 g/mol. The van der Waals surface area contributed by atoms with Crippen molar-refractivity contribution in [2.45, 2.75) is 0 Å². The maximum atomic E-state index is 10.8. The predicted molar refractivity (Wildman–Crippen MR) is 59.8 cm³/mol. The van der Waals surface area contributed by atoms with Crippen LogP contribution >= 0.6 is 0 Å². The molecular formula is C8H17NO6S2. The number of likely N-dealkylation sites (tertiary alicyclic amines) is 1. The third-order valence-electron chi connectivity index (χ3n) is 2.97. The first kappa shape index (κ1) is 14.8. The molecule has 0 aromatic rings. The summed E-state index contributed by atoms with van der Waals surface area (Å²) < 4.78 is 63.1. The van der Waals surface area contributed by atoms with E-state index in [-0.39, 0.29) is 0 Å². The molecule has 0 radical (unpaired) electrons. The lowest BCUT2D eigenvalue weighted by Crippen LogP contribution is -2.37. The Kier molecular flexibility index (Phi) is 3.90. The zero-order valence-electron chi connectivity index (χ0n) is 9.74. The second-order valence-corrected chi connectivity index (χ2v) is 8.24. The average molecular weight is 287 g/mol. The molecule has 0 spiro atoms. The molecule has 17 heavy (non-hydrogen) atoms. The Bertz CT molecular complexity index is 436. The summed E-state index contributed by atoms with van der Waals surface area (Å²) in [5, 5.41) is 0. The molecule has 0 bridgehead atoms. The molecule has 7 nitrogen and oxygen atoms in total.